The Morgan fingerprint density at radius 1 is 1.00 bits per heavy atom. The van der Waals surface area contributed by atoms with E-state index in [-0.39, 0.29) is 30.9 Å². The van der Waals surface area contributed by atoms with Crippen molar-refractivity contribution in [3.8, 4) is 11.1 Å². The number of benzene rings is 2. The first-order valence-corrected chi connectivity index (χ1v) is 11.9. The van der Waals surface area contributed by atoms with Crippen LogP contribution in [0.2, 0.25) is 0 Å². The molecule has 2 aromatic rings. The Morgan fingerprint density at radius 3 is 2.12 bits per heavy atom. The number of aliphatic carboxylic acids is 1. The van der Waals surface area contributed by atoms with Gasteiger partial charge in [-0.1, -0.05) is 75.7 Å². The molecule has 2 aromatic carbocycles. The second-order valence-electron chi connectivity index (χ2n) is 9.22. The van der Waals surface area contributed by atoms with Crippen LogP contribution in [0.15, 0.2) is 48.5 Å². The standard InChI is InChI=1S/C27H34N2O5/c1-4-9-18(25(30)29-24(26(31)32)14-17(2)3)15-28-27(33)34-16-23-21-12-7-5-10-19(21)20-11-6-8-13-22(20)23/h5-8,10-13,17-18,23-24H,4,9,14-16H2,1-3H3,(H,28,33)(H,29,30)(H,31,32)/t18?,24-/m0/s1. The lowest BCUT2D eigenvalue weighted by molar-refractivity contribution is -0.143. The number of carboxylic acid groups (broad SMARTS) is 1. The highest BCUT2D eigenvalue weighted by Crippen LogP contribution is 2.44. The van der Waals surface area contributed by atoms with Gasteiger partial charge in [0, 0.05) is 12.5 Å². The molecule has 0 heterocycles. The molecule has 3 N–H and O–H groups in total. The Balaban J connectivity index is 1.57. The maximum absolute atomic E-state index is 12.7. The number of carbonyl (C=O) groups is 3. The molecule has 0 saturated heterocycles. The molecule has 0 bridgehead atoms. The second-order valence-corrected chi connectivity index (χ2v) is 9.22. The van der Waals surface area contributed by atoms with Crippen LogP contribution < -0.4 is 10.6 Å². The van der Waals surface area contributed by atoms with Crippen molar-refractivity contribution < 1.29 is 24.2 Å². The zero-order valence-corrected chi connectivity index (χ0v) is 20.0. The summed E-state index contributed by atoms with van der Waals surface area (Å²) in [5.74, 6) is -1.86. The van der Waals surface area contributed by atoms with Crippen LogP contribution in [-0.2, 0) is 14.3 Å². The third-order valence-electron chi connectivity index (χ3n) is 6.17. The van der Waals surface area contributed by atoms with Crippen LogP contribution in [0.25, 0.3) is 11.1 Å². The maximum atomic E-state index is 12.7. The first-order valence-electron chi connectivity index (χ1n) is 11.9. The first-order chi connectivity index (χ1) is 16.3. The van der Waals surface area contributed by atoms with Gasteiger partial charge in [0.05, 0.1) is 5.92 Å². The molecule has 1 aliphatic rings. The van der Waals surface area contributed by atoms with E-state index < -0.39 is 24.0 Å². The quantitative estimate of drug-likeness (QED) is 0.450. The van der Waals surface area contributed by atoms with Crippen molar-refractivity contribution in [2.75, 3.05) is 13.2 Å². The molecule has 2 atom stereocenters. The molecule has 34 heavy (non-hydrogen) atoms. The van der Waals surface area contributed by atoms with Crippen molar-refractivity contribution >= 4 is 18.0 Å². The number of alkyl carbamates (subject to hydrolysis) is 1. The average Bonchev–Trinajstić information content (AvgIpc) is 3.13. The van der Waals surface area contributed by atoms with E-state index in [1.54, 1.807) is 0 Å². The Morgan fingerprint density at radius 2 is 1.59 bits per heavy atom. The smallest absolute Gasteiger partial charge is 0.407 e. The van der Waals surface area contributed by atoms with Gasteiger partial charge in [-0.25, -0.2) is 9.59 Å². The molecular weight excluding hydrogens is 432 g/mol. The normalized spacial score (nSPS) is 14.1. The van der Waals surface area contributed by atoms with E-state index in [2.05, 4.69) is 34.9 Å². The maximum Gasteiger partial charge on any atom is 0.407 e. The Kier molecular flexibility index (Phi) is 8.68. The van der Waals surface area contributed by atoms with Crippen LogP contribution in [-0.4, -0.2) is 42.3 Å². The second kappa shape index (κ2) is 11.7. The molecule has 1 unspecified atom stereocenters. The van der Waals surface area contributed by atoms with E-state index in [0.29, 0.717) is 12.8 Å². The summed E-state index contributed by atoms with van der Waals surface area (Å²) in [5.41, 5.74) is 4.57. The van der Waals surface area contributed by atoms with Gasteiger partial charge in [0.25, 0.3) is 0 Å². The van der Waals surface area contributed by atoms with Gasteiger partial charge in [0.15, 0.2) is 0 Å². The van der Waals surface area contributed by atoms with Gasteiger partial charge in [0.1, 0.15) is 12.6 Å². The van der Waals surface area contributed by atoms with E-state index >= 15 is 0 Å². The third-order valence-corrected chi connectivity index (χ3v) is 6.17. The highest BCUT2D eigenvalue weighted by Gasteiger charge is 2.30. The minimum absolute atomic E-state index is 0.0414. The number of carbonyl (C=O) groups excluding carboxylic acids is 2. The van der Waals surface area contributed by atoms with E-state index in [0.717, 1.165) is 28.7 Å². The fraction of sp³-hybridized carbons (Fsp3) is 0.444. The number of rotatable bonds is 11. The van der Waals surface area contributed by atoms with Crippen LogP contribution in [0, 0.1) is 11.8 Å². The van der Waals surface area contributed by atoms with E-state index in [1.807, 2.05) is 45.0 Å². The van der Waals surface area contributed by atoms with E-state index in [1.165, 1.54) is 0 Å². The van der Waals surface area contributed by atoms with Crippen LogP contribution in [0.5, 0.6) is 0 Å². The van der Waals surface area contributed by atoms with Gasteiger partial charge in [-0.15, -0.1) is 0 Å². The van der Waals surface area contributed by atoms with Crippen LogP contribution in [0.3, 0.4) is 0 Å². The fourth-order valence-corrected chi connectivity index (χ4v) is 4.51. The summed E-state index contributed by atoms with van der Waals surface area (Å²) in [6, 6.07) is 15.3. The molecule has 3 rings (SSSR count). The zero-order valence-electron chi connectivity index (χ0n) is 20.0. The van der Waals surface area contributed by atoms with Gasteiger partial charge in [-0.3, -0.25) is 4.79 Å². The van der Waals surface area contributed by atoms with Crippen molar-refractivity contribution in [3.05, 3.63) is 59.7 Å². The molecule has 0 fully saturated rings. The minimum atomic E-state index is -1.05. The van der Waals surface area contributed by atoms with Gasteiger partial charge in [-0.2, -0.15) is 0 Å². The number of ether oxygens (including phenoxy) is 1. The van der Waals surface area contributed by atoms with Crippen LogP contribution >= 0.6 is 0 Å². The molecule has 7 heteroatoms. The topological polar surface area (TPSA) is 105 Å². The third kappa shape index (κ3) is 6.16. The van der Waals surface area contributed by atoms with E-state index in [9.17, 15) is 19.5 Å². The zero-order chi connectivity index (χ0) is 24.7. The van der Waals surface area contributed by atoms with Gasteiger partial charge in [-0.05, 0) is 41.0 Å². The summed E-state index contributed by atoms with van der Waals surface area (Å²) in [4.78, 5) is 36.7. The minimum Gasteiger partial charge on any atom is -0.480 e. The molecule has 2 amide bonds. The van der Waals surface area contributed by atoms with Crippen molar-refractivity contribution in [1.82, 2.24) is 10.6 Å². The Hall–Kier alpha value is -3.35. The SMILES string of the molecule is CCCC(CNC(=O)OCC1c2ccccc2-c2ccccc21)C(=O)N[C@@H](CC(C)C)C(=O)O. The Labute approximate surface area is 200 Å². The lowest BCUT2D eigenvalue weighted by atomic mass is 9.98. The van der Waals surface area contributed by atoms with Crippen molar-refractivity contribution in [3.63, 3.8) is 0 Å². The summed E-state index contributed by atoms with van der Waals surface area (Å²) in [6.07, 6.45) is 1.02. The highest BCUT2D eigenvalue weighted by atomic mass is 16.5. The van der Waals surface area contributed by atoms with E-state index in [4.69, 9.17) is 4.74 Å². The molecule has 0 aromatic heterocycles. The Bertz CT molecular complexity index is 974. The number of hydrogen-bond donors (Lipinski definition) is 3. The largest absolute Gasteiger partial charge is 0.480 e. The summed E-state index contributed by atoms with van der Waals surface area (Å²) in [5, 5.41) is 14.7. The molecule has 0 aliphatic heterocycles. The molecule has 7 nitrogen and oxygen atoms in total. The highest BCUT2D eigenvalue weighted by molar-refractivity contribution is 5.85. The number of carboxylic acids is 1. The van der Waals surface area contributed by atoms with Gasteiger partial charge >= 0.3 is 12.1 Å². The first kappa shape index (κ1) is 25.3. The summed E-state index contributed by atoms with van der Waals surface area (Å²) in [7, 11) is 0. The summed E-state index contributed by atoms with van der Waals surface area (Å²) >= 11 is 0. The van der Waals surface area contributed by atoms with Crippen LogP contribution in [0.1, 0.15) is 57.1 Å². The number of nitrogens with one attached hydrogen (secondary N) is 2. The van der Waals surface area contributed by atoms with Gasteiger partial charge in [0.2, 0.25) is 5.91 Å². The lowest BCUT2D eigenvalue weighted by Gasteiger charge is -2.21. The predicted octanol–water partition coefficient (Wildman–Crippen LogP) is 4.56. The lowest BCUT2D eigenvalue weighted by Crippen LogP contribution is -2.47. The number of amides is 2. The molecule has 182 valence electrons. The predicted molar refractivity (Wildman–Crippen MR) is 130 cm³/mol. The van der Waals surface area contributed by atoms with Crippen molar-refractivity contribution in [2.45, 2.75) is 52.0 Å². The fourth-order valence-electron chi connectivity index (χ4n) is 4.51. The van der Waals surface area contributed by atoms with Gasteiger partial charge < -0.3 is 20.5 Å². The van der Waals surface area contributed by atoms with Crippen molar-refractivity contribution in [1.29, 1.82) is 0 Å². The molecule has 0 radical (unpaired) electrons. The monoisotopic (exact) mass is 466 g/mol. The summed E-state index contributed by atoms with van der Waals surface area (Å²) in [6.45, 7) is 6.04. The van der Waals surface area contributed by atoms with Crippen molar-refractivity contribution in [2.24, 2.45) is 11.8 Å². The number of hydrogen-bond acceptors (Lipinski definition) is 4. The summed E-state index contributed by atoms with van der Waals surface area (Å²) < 4.78 is 5.54. The average molecular weight is 467 g/mol. The molecule has 1 aliphatic carbocycles. The van der Waals surface area contributed by atoms with Crippen LogP contribution in [0.4, 0.5) is 4.79 Å². The number of fused-ring (bicyclic) bond motifs is 3. The molecule has 0 saturated carbocycles. The molecule has 0 spiro atoms. The molecular formula is C27H34N2O5.